The Bertz CT molecular complexity index is 870. The van der Waals surface area contributed by atoms with E-state index in [1.165, 1.54) is 0 Å². The van der Waals surface area contributed by atoms with Gasteiger partial charge in [-0.3, -0.25) is 15.0 Å². The van der Waals surface area contributed by atoms with E-state index in [1.54, 1.807) is 6.07 Å². The van der Waals surface area contributed by atoms with Gasteiger partial charge in [0.1, 0.15) is 0 Å². The van der Waals surface area contributed by atoms with Crippen LogP contribution in [-0.4, -0.2) is 50.2 Å². The fourth-order valence-electron chi connectivity index (χ4n) is 3.98. The molecule has 7 heteroatoms. The number of ether oxygens (including phenoxy) is 1. The molecule has 2 aliphatic heterocycles. The summed E-state index contributed by atoms with van der Waals surface area (Å²) in [6.45, 7) is 5.10. The van der Waals surface area contributed by atoms with Gasteiger partial charge < -0.3 is 10.1 Å². The number of amides is 1. The zero-order chi connectivity index (χ0) is 19.6. The first-order chi connectivity index (χ1) is 13.6. The van der Waals surface area contributed by atoms with Crippen molar-refractivity contribution in [1.82, 2.24) is 10.2 Å². The molecule has 0 saturated carbocycles. The second-order valence-electron chi connectivity index (χ2n) is 7.11. The molecular weight excluding hydrogens is 397 g/mol. The number of rotatable bonds is 6. The number of carbonyl (C=O) groups is 1. The van der Waals surface area contributed by atoms with Gasteiger partial charge in [0.2, 0.25) is 0 Å². The molecule has 2 heterocycles. The Balaban J connectivity index is 1.61. The summed E-state index contributed by atoms with van der Waals surface area (Å²) in [7, 11) is 0. The van der Waals surface area contributed by atoms with Gasteiger partial charge in [-0.05, 0) is 43.8 Å². The standard InChI is InChI=1S/C21H23Cl2N3O2/c22-15-6-7-19-17(14-15)21(20(27)25-19,16-4-1-2-5-18(16)23)24-8-3-9-26-10-12-28-13-11-26/h1-2,4-7,14,24H,3,8-13H2,(H,25,27). The van der Waals surface area contributed by atoms with Crippen molar-refractivity contribution in [3.63, 3.8) is 0 Å². The van der Waals surface area contributed by atoms with Crippen LogP contribution < -0.4 is 10.6 Å². The van der Waals surface area contributed by atoms with Crippen LogP contribution in [0.25, 0.3) is 0 Å². The largest absolute Gasteiger partial charge is 0.379 e. The highest BCUT2D eigenvalue weighted by Crippen LogP contribution is 2.44. The molecule has 0 aliphatic carbocycles. The summed E-state index contributed by atoms with van der Waals surface area (Å²) in [5, 5.41) is 7.63. The van der Waals surface area contributed by atoms with E-state index in [2.05, 4.69) is 15.5 Å². The van der Waals surface area contributed by atoms with Crippen LogP contribution in [0, 0.1) is 0 Å². The summed E-state index contributed by atoms with van der Waals surface area (Å²) >= 11 is 12.8. The summed E-state index contributed by atoms with van der Waals surface area (Å²) in [4.78, 5) is 15.6. The molecule has 1 fully saturated rings. The maximum atomic E-state index is 13.2. The zero-order valence-corrected chi connectivity index (χ0v) is 17.0. The average molecular weight is 420 g/mol. The molecule has 0 bridgehead atoms. The topological polar surface area (TPSA) is 53.6 Å². The van der Waals surface area contributed by atoms with Crippen molar-refractivity contribution in [2.75, 3.05) is 44.7 Å². The monoisotopic (exact) mass is 419 g/mol. The zero-order valence-electron chi connectivity index (χ0n) is 15.5. The minimum atomic E-state index is -1.05. The Morgan fingerprint density at radius 3 is 2.68 bits per heavy atom. The Hall–Kier alpha value is -1.63. The van der Waals surface area contributed by atoms with Crippen molar-refractivity contribution < 1.29 is 9.53 Å². The normalized spacial score (nSPS) is 22.1. The van der Waals surface area contributed by atoms with Crippen LogP contribution in [0.1, 0.15) is 17.5 Å². The highest BCUT2D eigenvalue weighted by Gasteiger charge is 2.49. The first-order valence-corrected chi connectivity index (χ1v) is 10.3. The average Bonchev–Trinajstić information content (AvgIpc) is 2.98. The van der Waals surface area contributed by atoms with Crippen molar-refractivity contribution >= 4 is 34.8 Å². The van der Waals surface area contributed by atoms with Crippen molar-refractivity contribution in [1.29, 1.82) is 0 Å². The van der Waals surface area contributed by atoms with E-state index in [9.17, 15) is 4.79 Å². The van der Waals surface area contributed by atoms with Gasteiger partial charge in [0, 0.05) is 39.9 Å². The van der Waals surface area contributed by atoms with Gasteiger partial charge in [0.15, 0.2) is 5.54 Å². The van der Waals surface area contributed by atoms with Gasteiger partial charge in [-0.2, -0.15) is 0 Å². The van der Waals surface area contributed by atoms with E-state index in [-0.39, 0.29) is 5.91 Å². The summed E-state index contributed by atoms with van der Waals surface area (Å²) in [5.41, 5.74) is 1.25. The summed E-state index contributed by atoms with van der Waals surface area (Å²) < 4.78 is 5.40. The maximum absolute atomic E-state index is 13.2. The van der Waals surface area contributed by atoms with E-state index in [4.69, 9.17) is 27.9 Å². The molecule has 28 heavy (non-hydrogen) atoms. The van der Waals surface area contributed by atoms with E-state index in [1.807, 2.05) is 36.4 Å². The maximum Gasteiger partial charge on any atom is 0.254 e. The lowest BCUT2D eigenvalue weighted by Gasteiger charge is -2.31. The molecule has 1 amide bonds. The third-order valence-electron chi connectivity index (χ3n) is 5.40. The predicted molar refractivity (Wildman–Crippen MR) is 112 cm³/mol. The number of carbonyl (C=O) groups excluding carboxylic acids is 1. The summed E-state index contributed by atoms with van der Waals surface area (Å²) in [5.74, 6) is -0.135. The van der Waals surface area contributed by atoms with Crippen LogP contribution >= 0.6 is 23.2 Å². The molecule has 5 nitrogen and oxygen atoms in total. The van der Waals surface area contributed by atoms with Crippen molar-refractivity contribution in [2.45, 2.75) is 12.0 Å². The van der Waals surface area contributed by atoms with Crippen molar-refractivity contribution in [2.24, 2.45) is 0 Å². The van der Waals surface area contributed by atoms with Crippen molar-refractivity contribution in [3.8, 4) is 0 Å². The van der Waals surface area contributed by atoms with Gasteiger partial charge >= 0.3 is 0 Å². The number of halogens is 2. The molecule has 4 rings (SSSR count). The molecule has 0 radical (unpaired) electrons. The molecule has 0 aromatic heterocycles. The first kappa shape index (κ1) is 19.7. The van der Waals surface area contributed by atoms with Crippen molar-refractivity contribution in [3.05, 3.63) is 63.6 Å². The number of anilines is 1. The molecule has 0 spiro atoms. The van der Waals surface area contributed by atoms with Gasteiger partial charge in [0.05, 0.1) is 13.2 Å². The lowest BCUT2D eigenvalue weighted by Crippen LogP contribution is -2.50. The van der Waals surface area contributed by atoms with Crippen LogP contribution in [0.2, 0.25) is 10.0 Å². The lowest BCUT2D eigenvalue weighted by molar-refractivity contribution is -0.120. The van der Waals surface area contributed by atoms with E-state index >= 15 is 0 Å². The fourth-order valence-corrected chi connectivity index (χ4v) is 4.43. The first-order valence-electron chi connectivity index (χ1n) is 9.53. The Labute approximate surface area is 175 Å². The quantitative estimate of drug-likeness (QED) is 0.703. The van der Waals surface area contributed by atoms with Crippen LogP contribution in [0.15, 0.2) is 42.5 Å². The Kier molecular flexibility index (Phi) is 5.90. The lowest BCUT2D eigenvalue weighted by atomic mass is 9.83. The predicted octanol–water partition coefficient (Wildman–Crippen LogP) is 3.50. The van der Waals surface area contributed by atoms with Gasteiger partial charge in [-0.15, -0.1) is 0 Å². The molecule has 148 valence electrons. The van der Waals surface area contributed by atoms with Crippen LogP contribution in [0.3, 0.4) is 0 Å². The Morgan fingerprint density at radius 1 is 1.11 bits per heavy atom. The third-order valence-corrected chi connectivity index (χ3v) is 5.96. The highest BCUT2D eigenvalue weighted by molar-refractivity contribution is 6.32. The van der Waals surface area contributed by atoms with Crippen LogP contribution in [0.5, 0.6) is 0 Å². The van der Waals surface area contributed by atoms with E-state index in [0.717, 1.165) is 56.1 Å². The SMILES string of the molecule is O=C1Nc2ccc(Cl)cc2C1(NCCCN1CCOCC1)c1ccccc1Cl. The number of nitrogens with zero attached hydrogens (tertiary/aromatic N) is 1. The minimum Gasteiger partial charge on any atom is -0.379 e. The number of morpholine rings is 1. The molecule has 2 aromatic rings. The number of nitrogens with one attached hydrogen (secondary N) is 2. The fraction of sp³-hybridized carbons (Fsp3) is 0.381. The second kappa shape index (κ2) is 8.39. The smallest absolute Gasteiger partial charge is 0.254 e. The minimum absolute atomic E-state index is 0.135. The molecule has 2 aromatic carbocycles. The summed E-state index contributed by atoms with van der Waals surface area (Å²) in [6.07, 6.45) is 0.912. The van der Waals surface area contributed by atoms with Crippen LogP contribution in [-0.2, 0) is 15.1 Å². The Morgan fingerprint density at radius 2 is 1.89 bits per heavy atom. The molecule has 1 unspecified atom stereocenters. The van der Waals surface area contributed by atoms with E-state index in [0.29, 0.717) is 16.6 Å². The van der Waals surface area contributed by atoms with E-state index < -0.39 is 5.54 Å². The van der Waals surface area contributed by atoms with Gasteiger partial charge in [-0.1, -0.05) is 41.4 Å². The molecule has 1 saturated heterocycles. The highest BCUT2D eigenvalue weighted by atomic mass is 35.5. The van der Waals surface area contributed by atoms with Gasteiger partial charge in [-0.25, -0.2) is 0 Å². The molecular formula is C21H23Cl2N3O2. The number of hydrogen-bond acceptors (Lipinski definition) is 4. The second-order valence-corrected chi connectivity index (χ2v) is 7.95. The number of fused-ring (bicyclic) bond motifs is 1. The third kappa shape index (κ3) is 3.65. The van der Waals surface area contributed by atoms with Gasteiger partial charge in [0.25, 0.3) is 5.91 Å². The molecule has 2 aliphatic rings. The molecule has 1 atom stereocenters. The summed E-state index contributed by atoms with van der Waals surface area (Å²) in [6, 6.07) is 12.9. The van der Waals surface area contributed by atoms with Crippen LogP contribution in [0.4, 0.5) is 5.69 Å². The number of benzene rings is 2. The molecule has 2 N–H and O–H groups in total. The number of hydrogen-bond donors (Lipinski definition) is 2.